The summed E-state index contributed by atoms with van der Waals surface area (Å²) in [5.41, 5.74) is 1.18. The Morgan fingerprint density at radius 3 is 2.47 bits per heavy atom. The van der Waals surface area contributed by atoms with Crippen molar-refractivity contribution in [3.63, 3.8) is 0 Å². The molecule has 2 aromatic carbocycles. The van der Waals surface area contributed by atoms with E-state index in [-0.39, 0.29) is 5.56 Å². The lowest BCUT2D eigenvalue weighted by Gasteiger charge is -2.07. The first-order valence-corrected chi connectivity index (χ1v) is 7.05. The van der Waals surface area contributed by atoms with Gasteiger partial charge in [-0.15, -0.1) is 11.8 Å². The summed E-state index contributed by atoms with van der Waals surface area (Å²) in [6.07, 6.45) is 1.98. The van der Waals surface area contributed by atoms with Gasteiger partial charge in [0.15, 0.2) is 0 Å². The molecule has 0 saturated carbocycles. The molecule has 4 heteroatoms. The van der Waals surface area contributed by atoms with Crippen LogP contribution in [0.25, 0.3) is 0 Å². The van der Waals surface area contributed by atoms with Gasteiger partial charge >= 0.3 is 0 Å². The van der Waals surface area contributed by atoms with Crippen LogP contribution >= 0.6 is 11.8 Å². The molecule has 0 aliphatic rings. The molecule has 0 unspecified atom stereocenters. The van der Waals surface area contributed by atoms with E-state index in [9.17, 15) is 9.18 Å². The monoisotopic (exact) mass is 275 g/mol. The van der Waals surface area contributed by atoms with Crippen molar-refractivity contribution < 1.29 is 9.18 Å². The Morgan fingerprint density at radius 1 is 1.16 bits per heavy atom. The second-order valence-electron chi connectivity index (χ2n) is 4.12. The molecular weight excluding hydrogens is 261 g/mol. The number of rotatable bonds is 3. The number of amides is 1. The second-order valence-corrected chi connectivity index (χ2v) is 5.00. The largest absolute Gasteiger partial charge is 0.322 e. The molecule has 0 heterocycles. The summed E-state index contributed by atoms with van der Waals surface area (Å²) in [6.45, 7) is 1.64. The molecule has 0 fully saturated rings. The van der Waals surface area contributed by atoms with Gasteiger partial charge in [0.1, 0.15) is 5.82 Å². The summed E-state index contributed by atoms with van der Waals surface area (Å²) in [6, 6.07) is 12.2. The maximum absolute atomic E-state index is 13.8. The molecule has 0 radical (unpaired) electrons. The van der Waals surface area contributed by atoms with Crippen molar-refractivity contribution in [1.29, 1.82) is 0 Å². The van der Waals surface area contributed by atoms with Gasteiger partial charge in [0.25, 0.3) is 5.91 Å². The van der Waals surface area contributed by atoms with Crippen LogP contribution in [0.2, 0.25) is 0 Å². The zero-order valence-electron chi connectivity index (χ0n) is 10.7. The van der Waals surface area contributed by atoms with Crippen molar-refractivity contribution in [2.24, 2.45) is 0 Å². The van der Waals surface area contributed by atoms with Crippen LogP contribution in [0, 0.1) is 12.7 Å². The molecule has 2 nitrogen and oxygen atoms in total. The third-order valence-electron chi connectivity index (χ3n) is 2.78. The number of thioether (sulfide) groups is 1. The molecule has 1 amide bonds. The van der Waals surface area contributed by atoms with Gasteiger partial charge in [0, 0.05) is 10.6 Å². The van der Waals surface area contributed by atoms with E-state index in [0.717, 1.165) is 4.90 Å². The Kier molecular flexibility index (Phi) is 4.22. The van der Waals surface area contributed by atoms with E-state index in [1.165, 1.54) is 6.07 Å². The summed E-state index contributed by atoms with van der Waals surface area (Å²) in [5, 5.41) is 2.69. The molecule has 19 heavy (non-hydrogen) atoms. The molecule has 0 bridgehead atoms. The van der Waals surface area contributed by atoms with Gasteiger partial charge in [-0.3, -0.25) is 4.79 Å². The van der Waals surface area contributed by atoms with Crippen LogP contribution in [-0.2, 0) is 0 Å². The fourth-order valence-electron chi connectivity index (χ4n) is 1.70. The van der Waals surface area contributed by atoms with Crippen LogP contribution in [0.4, 0.5) is 10.1 Å². The molecule has 0 spiro atoms. The highest BCUT2D eigenvalue weighted by Gasteiger charge is 2.13. The zero-order valence-corrected chi connectivity index (χ0v) is 11.6. The number of hydrogen-bond acceptors (Lipinski definition) is 2. The van der Waals surface area contributed by atoms with Gasteiger partial charge in [0.2, 0.25) is 0 Å². The van der Waals surface area contributed by atoms with E-state index >= 15 is 0 Å². The predicted octanol–water partition coefficient (Wildman–Crippen LogP) is 4.11. The minimum atomic E-state index is -0.472. The maximum atomic E-state index is 13.8. The average molecular weight is 275 g/mol. The van der Waals surface area contributed by atoms with Crippen LogP contribution in [-0.4, -0.2) is 12.2 Å². The first kappa shape index (κ1) is 13.6. The Labute approximate surface area is 116 Å². The maximum Gasteiger partial charge on any atom is 0.258 e. The van der Waals surface area contributed by atoms with E-state index in [1.807, 2.05) is 18.4 Å². The lowest BCUT2D eigenvalue weighted by molar-refractivity contribution is 0.102. The van der Waals surface area contributed by atoms with Gasteiger partial charge in [-0.2, -0.15) is 0 Å². The molecule has 0 atom stereocenters. The summed E-state index contributed by atoms with van der Waals surface area (Å²) < 4.78 is 13.8. The molecular formula is C15H14FNOS. The topological polar surface area (TPSA) is 29.1 Å². The van der Waals surface area contributed by atoms with E-state index in [0.29, 0.717) is 11.3 Å². The third-order valence-corrected chi connectivity index (χ3v) is 3.53. The molecule has 0 saturated heterocycles. The van der Waals surface area contributed by atoms with E-state index in [1.54, 1.807) is 43.0 Å². The SMILES string of the molecule is CSc1ccc(NC(=O)c2cccc(C)c2F)cc1. The molecule has 0 aliphatic heterocycles. The summed E-state index contributed by atoms with van der Waals surface area (Å²) in [5.74, 6) is -0.904. The standard InChI is InChI=1S/C15H14FNOS/c1-10-4-3-5-13(14(10)16)15(18)17-11-6-8-12(19-2)9-7-11/h3-9H,1-2H3,(H,17,18). The van der Waals surface area contributed by atoms with Crippen molar-refractivity contribution >= 4 is 23.4 Å². The number of benzene rings is 2. The van der Waals surface area contributed by atoms with Crippen molar-refractivity contribution in [2.75, 3.05) is 11.6 Å². The van der Waals surface area contributed by atoms with Gasteiger partial charge < -0.3 is 5.32 Å². The van der Waals surface area contributed by atoms with Crippen molar-refractivity contribution in [3.8, 4) is 0 Å². The number of nitrogens with one attached hydrogen (secondary N) is 1. The highest BCUT2D eigenvalue weighted by Crippen LogP contribution is 2.19. The second kappa shape index (κ2) is 5.89. The molecule has 0 aliphatic carbocycles. The van der Waals surface area contributed by atoms with E-state index < -0.39 is 11.7 Å². The lowest BCUT2D eigenvalue weighted by atomic mass is 10.1. The summed E-state index contributed by atoms with van der Waals surface area (Å²) >= 11 is 1.62. The Bertz CT molecular complexity index is 596. The molecule has 0 aromatic heterocycles. The van der Waals surface area contributed by atoms with Gasteiger partial charge in [0.05, 0.1) is 5.56 Å². The van der Waals surface area contributed by atoms with Crippen molar-refractivity contribution in [2.45, 2.75) is 11.8 Å². The molecule has 2 aromatic rings. The smallest absolute Gasteiger partial charge is 0.258 e. The number of carbonyl (C=O) groups excluding carboxylic acids is 1. The van der Waals surface area contributed by atoms with Crippen molar-refractivity contribution in [1.82, 2.24) is 0 Å². The fraction of sp³-hybridized carbons (Fsp3) is 0.133. The number of aryl methyl sites for hydroxylation is 1. The van der Waals surface area contributed by atoms with Gasteiger partial charge in [-0.05, 0) is 49.1 Å². The van der Waals surface area contributed by atoms with E-state index in [2.05, 4.69) is 5.32 Å². The minimum absolute atomic E-state index is 0.0638. The number of anilines is 1. The summed E-state index contributed by atoms with van der Waals surface area (Å²) in [7, 11) is 0. The van der Waals surface area contributed by atoms with Crippen LogP contribution < -0.4 is 5.32 Å². The first-order valence-electron chi connectivity index (χ1n) is 5.82. The number of carbonyl (C=O) groups is 1. The number of hydrogen-bond donors (Lipinski definition) is 1. The van der Waals surface area contributed by atoms with Crippen LogP contribution in [0.5, 0.6) is 0 Å². The predicted molar refractivity (Wildman–Crippen MR) is 77.3 cm³/mol. The Balaban J connectivity index is 2.18. The minimum Gasteiger partial charge on any atom is -0.322 e. The molecule has 1 N–H and O–H groups in total. The van der Waals surface area contributed by atoms with Gasteiger partial charge in [-0.25, -0.2) is 4.39 Å². The molecule has 98 valence electrons. The number of halogens is 1. The first-order chi connectivity index (χ1) is 9.11. The zero-order chi connectivity index (χ0) is 13.8. The highest BCUT2D eigenvalue weighted by molar-refractivity contribution is 7.98. The van der Waals surface area contributed by atoms with Gasteiger partial charge in [-0.1, -0.05) is 12.1 Å². The third kappa shape index (κ3) is 3.15. The normalized spacial score (nSPS) is 10.3. The van der Waals surface area contributed by atoms with Crippen molar-refractivity contribution in [3.05, 3.63) is 59.4 Å². The van der Waals surface area contributed by atoms with Crippen LogP contribution in [0.3, 0.4) is 0 Å². The highest BCUT2D eigenvalue weighted by atomic mass is 32.2. The quantitative estimate of drug-likeness (QED) is 0.854. The Hall–Kier alpha value is -1.81. The summed E-state index contributed by atoms with van der Waals surface area (Å²) in [4.78, 5) is 13.1. The average Bonchev–Trinajstić information content (AvgIpc) is 2.42. The Morgan fingerprint density at radius 2 is 1.84 bits per heavy atom. The fourth-order valence-corrected chi connectivity index (χ4v) is 2.10. The molecule has 2 rings (SSSR count). The lowest BCUT2D eigenvalue weighted by Crippen LogP contribution is -2.14. The van der Waals surface area contributed by atoms with Crippen LogP contribution in [0.15, 0.2) is 47.4 Å². The van der Waals surface area contributed by atoms with Crippen LogP contribution in [0.1, 0.15) is 15.9 Å². The van der Waals surface area contributed by atoms with E-state index in [4.69, 9.17) is 0 Å².